The van der Waals surface area contributed by atoms with Gasteiger partial charge in [0.2, 0.25) is 0 Å². The van der Waals surface area contributed by atoms with Gasteiger partial charge in [0.25, 0.3) is 0 Å². The summed E-state index contributed by atoms with van der Waals surface area (Å²) in [7, 11) is 0. The lowest BCUT2D eigenvalue weighted by Gasteiger charge is -2.56. The molecule has 0 saturated heterocycles. The molecule has 102 valence electrons. The molecular formula is C15H20N2O2. The van der Waals surface area contributed by atoms with Crippen LogP contribution in [-0.4, -0.2) is 20.9 Å². The molecule has 0 radical (unpaired) electrons. The van der Waals surface area contributed by atoms with Gasteiger partial charge in [-0.25, -0.2) is 0 Å². The molecule has 1 heterocycles. The fraction of sp³-hybridized carbons (Fsp3) is 0.733. The lowest BCUT2D eigenvalue weighted by molar-refractivity contribution is -0.137. The summed E-state index contributed by atoms with van der Waals surface area (Å²) in [6, 6.07) is 0. The molecule has 5 rings (SSSR count). The summed E-state index contributed by atoms with van der Waals surface area (Å²) in [6.07, 6.45) is 12.1. The van der Waals surface area contributed by atoms with Gasteiger partial charge in [0.05, 0.1) is 6.20 Å². The van der Waals surface area contributed by atoms with Crippen molar-refractivity contribution < 1.29 is 9.90 Å². The predicted octanol–water partition coefficient (Wildman–Crippen LogP) is 2.44. The minimum Gasteiger partial charge on any atom is -0.480 e. The van der Waals surface area contributed by atoms with E-state index < -0.39 is 5.97 Å². The largest absolute Gasteiger partial charge is 0.480 e. The van der Waals surface area contributed by atoms with Crippen LogP contribution in [0.1, 0.15) is 44.1 Å². The predicted molar refractivity (Wildman–Crippen MR) is 69.7 cm³/mol. The molecular weight excluding hydrogens is 240 g/mol. The van der Waals surface area contributed by atoms with E-state index in [1.54, 1.807) is 4.68 Å². The zero-order valence-corrected chi connectivity index (χ0v) is 11.1. The minimum absolute atomic E-state index is 0.0215. The first-order valence-electron chi connectivity index (χ1n) is 7.38. The molecule has 4 nitrogen and oxygen atoms in total. The van der Waals surface area contributed by atoms with Crippen molar-refractivity contribution in [2.45, 2.75) is 50.5 Å². The summed E-state index contributed by atoms with van der Waals surface area (Å²) in [5, 5.41) is 13.1. The van der Waals surface area contributed by atoms with Gasteiger partial charge in [0.1, 0.15) is 6.54 Å². The highest BCUT2D eigenvalue weighted by Gasteiger charge is 2.51. The number of carboxylic acid groups (broad SMARTS) is 1. The van der Waals surface area contributed by atoms with Crippen LogP contribution in [0.4, 0.5) is 0 Å². The maximum Gasteiger partial charge on any atom is 0.325 e. The quantitative estimate of drug-likeness (QED) is 0.908. The average molecular weight is 260 g/mol. The molecule has 4 heteroatoms. The van der Waals surface area contributed by atoms with Crippen molar-refractivity contribution in [2.75, 3.05) is 0 Å². The molecule has 4 fully saturated rings. The number of aromatic nitrogens is 2. The third kappa shape index (κ3) is 1.80. The number of hydrogen-bond acceptors (Lipinski definition) is 2. The van der Waals surface area contributed by atoms with Crippen LogP contribution in [0.15, 0.2) is 12.4 Å². The number of rotatable bonds is 3. The van der Waals surface area contributed by atoms with E-state index in [1.807, 2.05) is 12.4 Å². The van der Waals surface area contributed by atoms with Crippen molar-refractivity contribution in [1.29, 1.82) is 0 Å². The Bertz CT molecular complexity index is 485. The van der Waals surface area contributed by atoms with Crippen molar-refractivity contribution in [3.63, 3.8) is 0 Å². The van der Waals surface area contributed by atoms with Gasteiger partial charge < -0.3 is 5.11 Å². The van der Waals surface area contributed by atoms with Crippen LogP contribution in [0.25, 0.3) is 0 Å². The lowest BCUT2D eigenvalue weighted by Crippen LogP contribution is -2.48. The van der Waals surface area contributed by atoms with Crippen molar-refractivity contribution in [3.8, 4) is 0 Å². The van der Waals surface area contributed by atoms with Crippen molar-refractivity contribution >= 4 is 5.97 Å². The van der Waals surface area contributed by atoms with Gasteiger partial charge in [-0.2, -0.15) is 5.10 Å². The second-order valence-corrected chi connectivity index (χ2v) is 7.02. The Labute approximate surface area is 112 Å². The van der Waals surface area contributed by atoms with E-state index in [1.165, 1.54) is 44.1 Å². The third-order valence-corrected chi connectivity index (χ3v) is 5.58. The summed E-state index contributed by atoms with van der Waals surface area (Å²) < 4.78 is 1.58. The highest BCUT2D eigenvalue weighted by Crippen LogP contribution is 2.60. The Kier molecular flexibility index (Phi) is 2.32. The van der Waals surface area contributed by atoms with E-state index in [4.69, 9.17) is 5.11 Å². The van der Waals surface area contributed by atoms with Gasteiger partial charge in [0.15, 0.2) is 0 Å². The maximum absolute atomic E-state index is 10.8. The summed E-state index contributed by atoms with van der Waals surface area (Å²) in [5.41, 5.74) is 1.62. The Hall–Kier alpha value is -1.32. The van der Waals surface area contributed by atoms with Gasteiger partial charge >= 0.3 is 5.97 Å². The third-order valence-electron chi connectivity index (χ3n) is 5.58. The first-order valence-corrected chi connectivity index (χ1v) is 7.38. The molecule has 4 saturated carbocycles. The normalized spacial score (nSPS) is 39.7. The Balaban J connectivity index is 1.64. The van der Waals surface area contributed by atoms with Crippen LogP contribution >= 0.6 is 0 Å². The van der Waals surface area contributed by atoms with Gasteiger partial charge in [-0.3, -0.25) is 9.48 Å². The molecule has 4 aliphatic carbocycles. The molecule has 0 aliphatic heterocycles. The van der Waals surface area contributed by atoms with Crippen molar-refractivity contribution in [3.05, 3.63) is 18.0 Å². The van der Waals surface area contributed by atoms with E-state index in [2.05, 4.69) is 5.10 Å². The fourth-order valence-electron chi connectivity index (χ4n) is 5.33. The Morgan fingerprint density at radius 1 is 1.26 bits per heavy atom. The Morgan fingerprint density at radius 3 is 2.37 bits per heavy atom. The zero-order chi connectivity index (χ0) is 13.0. The highest BCUT2D eigenvalue weighted by atomic mass is 16.4. The summed E-state index contributed by atoms with van der Waals surface area (Å²) in [6.45, 7) is -0.0215. The molecule has 0 unspecified atom stereocenters. The molecule has 1 aromatic heterocycles. The average Bonchev–Trinajstić information content (AvgIpc) is 2.75. The monoisotopic (exact) mass is 260 g/mol. The number of carbonyl (C=O) groups is 1. The van der Waals surface area contributed by atoms with E-state index in [0.29, 0.717) is 5.41 Å². The Morgan fingerprint density at radius 2 is 1.84 bits per heavy atom. The molecule has 0 atom stereocenters. The molecule has 0 amide bonds. The SMILES string of the molecule is O=C(O)Cn1cc(C23CC4CC(CC(C4)C2)C3)cn1. The number of aliphatic carboxylic acids is 1. The van der Waals surface area contributed by atoms with Crippen LogP contribution < -0.4 is 0 Å². The molecule has 19 heavy (non-hydrogen) atoms. The van der Waals surface area contributed by atoms with Crippen LogP contribution in [0, 0.1) is 17.8 Å². The molecule has 0 spiro atoms. The standard InChI is InChI=1S/C15H20N2O2/c18-14(19)9-17-8-13(7-16-17)15-4-10-1-11(5-15)3-12(2-10)6-15/h7-8,10-12H,1-6,9H2,(H,18,19). The molecule has 1 N–H and O–H groups in total. The molecule has 4 bridgehead atoms. The summed E-state index contributed by atoms with van der Waals surface area (Å²) in [5.74, 6) is 1.91. The van der Waals surface area contributed by atoms with Gasteiger partial charge in [-0.05, 0) is 67.3 Å². The van der Waals surface area contributed by atoms with E-state index in [0.717, 1.165) is 17.8 Å². The van der Waals surface area contributed by atoms with E-state index in [-0.39, 0.29) is 6.54 Å². The van der Waals surface area contributed by atoms with E-state index in [9.17, 15) is 4.79 Å². The van der Waals surface area contributed by atoms with Crippen LogP contribution in [-0.2, 0) is 16.8 Å². The van der Waals surface area contributed by atoms with Gasteiger partial charge in [-0.15, -0.1) is 0 Å². The van der Waals surface area contributed by atoms with Crippen molar-refractivity contribution in [2.24, 2.45) is 17.8 Å². The minimum atomic E-state index is -0.819. The highest BCUT2D eigenvalue weighted by molar-refractivity contribution is 5.66. The molecule has 0 aromatic carbocycles. The number of nitrogens with zero attached hydrogens (tertiary/aromatic N) is 2. The van der Waals surface area contributed by atoms with Gasteiger partial charge in [0, 0.05) is 6.20 Å². The smallest absolute Gasteiger partial charge is 0.325 e. The topological polar surface area (TPSA) is 55.1 Å². The fourth-order valence-corrected chi connectivity index (χ4v) is 5.33. The summed E-state index contributed by atoms with van der Waals surface area (Å²) in [4.78, 5) is 10.8. The van der Waals surface area contributed by atoms with Crippen LogP contribution in [0.3, 0.4) is 0 Å². The van der Waals surface area contributed by atoms with Crippen LogP contribution in [0.5, 0.6) is 0 Å². The van der Waals surface area contributed by atoms with Gasteiger partial charge in [-0.1, -0.05) is 0 Å². The first-order chi connectivity index (χ1) is 9.13. The number of hydrogen-bond donors (Lipinski definition) is 1. The summed E-state index contributed by atoms with van der Waals surface area (Å²) >= 11 is 0. The lowest BCUT2D eigenvalue weighted by atomic mass is 9.48. The van der Waals surface area contributed by atoms with E-state index >= 15 is 0 Å². The zero-order valence-electron chi connectivity index (χ0n) is 11.1. The number of carboxylic acids is 1. The second kappa shape index (κ2) is 3.84. The first kappa shape index (κ1) is 11.5. The van der Waals surface area contributed by atoms with Crippen LogP contribution in [0.2, 0.25) is 0 Å². The molecule has 1 aromatic rings. The molecule has 4 aliphatic rings. The van der Waals surface area contributed by atoms with Crippen molar-refractivity contribution in [1.82, 2.24) is 9.78 Å². The second-order valence-electron chi connectivity index (χ2n) is 7.02. The maximum atomic E-state index is 10.8.